The van der Waals surface area contributed by atoms with Crippen LogP contribution in [0, 0.1) is 5.41 Å². The van der Waals surface area contributed by atoms with Crippen LogP contribution in [0.2, 0.25) is 0 Å². The first-order valence-corrected chi connectivity index (χ1v) is 22.7. The average molecular weight is 802 g/mol. The number of ether oxygens (including phenoxy) is 4. The maximum absolute atomic E-state index is 12.8. The van der Waals surface area contributed by atoms with Crippen molar-refractivity contribution in [1.29, 1.82) is 0 Å². The molecule has 0 fully saturated rings. The van der Waals surface area contributed by atoms with E-state index in [1.54, 1.807) is 18.8 Å². The van der Waals surface area contributed by atoms with Gasteiger partial charge in [0.25, 0.3) is 0 Å². The van der Waals surface area contributed by atoms with Gasteiger partial charge < -0.3 is 33.6 Å². The zero-order valence-electron chi connectivity index (χ0n) is 32.1. The quantitative estimate of drug-likeness (QED) is 0.0414. The number of esters is 4. The van der Waals surface area contributed by atoms with Crippen molar-refractivity contribution in [3.8, 4) is 0 Å². The summed E-state index contributed by atoms with van der Waals surface area (Å²) in [7, 11) is -5.38. The molecule has 0 aliphatic carbocycles. The summed E-state index contributed by atoms with van der Waals surface area (Å²) in [5.41, 5.74) is -1.60. The van der Waals surface area contributed by atoms with Crippen LogP contribution < -0.4 is 0 Å². The van der Waals surface area contributed by atoms with Crippen LogP contribution in [0.4, 0.5) is 0 Å². The Hall–Kier alpha value is -2.25. The van der Waals surface area contributed by atoms with Gasteiger partial charge in [-0.2, -0.15) is 11.8 Å². The monoisotopic (exact) mass is 801 g/mol. The lowest BCUT2D eigenvalue weighted by Gasteiger charge is -2.31. The fourth-order valence-electron chi connectivity index (χ4n) is 4.38. The lowest BCUT2D eigenvalue weighted by Crippen LogP contribution is -2.44. The number of carbonyl (C=O) groups excluding carboxylic acids is 4. The number of nitrogens with zero attached hydrogens (tertiary/aromatic N) is 3. The second-order valence-electron chi connectivity index (χ2n) is 12.4. The van der Waals surface area contributed by atoms with Gasteiger partial charge >= 0.3 is 23.9 Å². The summed E-state index contributed by atoms with van der Waals surface area (Å²) in [6.07, 6.45) is 0.0321. The van der Waals surface area contributed by atoms with Gasteiger partial charge in [-0.1, -0.05) is 41.2 Å². The first kappa shape index (κ1) is 49.8. The summed E-state index contributed by atoms with van der Waals surface area (Å²) in [6, 6.07) is 0. The van der Waals surface area contributed by atoms with E-state index < -0.39 is 99.7 Å². The Bertz CT molecular complexity index is 1290. The zero-order valence-corrected chi connectivity index (χ0v) is 34.5. The van der Waals surface area contributed by atoms with Crippen molar-refractivity contribution in [1.82, 2.24) is 14.7 Å². The van der Waals surface area contributed by atoms with Gasteiger partial charge in [-0.25, -0.2) is 21.6 Å². The maximum Gasteiger partial charge on any atom is 0.330 e. The summed E-state index contributed by atoms with van der Waals surface area (Å²) in [5.74, 6) is -3.08. The zero-order chi connectivity index (χ0) is 39.6. The molecule has 0 saturated carbocycles. The van der Waals surface area contributed by atoms with Crippen molar-refractivity contribution in [3.63, 3.8) is 0 Å². The minimum absolute atomic E-state index is 0.0570. The second-order valence-corrected chi connectivity index (χ2v) is 18.2. The third-order valence-electron chi connectivity index (χ3n) is 8.37. The number of thioether (sulfide) groups is 1. The van der Waals surface area contributed by atoms with E-state index in [2.05, 4.69) is 25.3 Å². The highest BCUT2D eigenvalue weighted by molar-refractivity contribution is 7.99. The normalized spacial score (nSPS) is 13.2. The third kappa shape index (κ3) is 24.1. The third-order valence-corrected chi connectivity index (χ3v) is 12.6. The highest BCUT2D eigenvalue weighted by Gasteiger charge is 2.38. The molecule has 1 atom stereocenters. The Morgan fingerprint density at radius 1 is 0.596 bits per heavy atom. The molecule has 0 rings (SSSR count). The predicted molar refractivity (Wildman–Crippen MR) is 204 cm³/mol. The van der Waals surface area contributed by atoms with E-state index in [1.807, 2.05) is 30.6 Å². The predicted octanol–water partition coefficient (Wildman–Crippen LogP) is 1.70. The smallest absolute Gasteiger partial charge is 0.330 e. The van der Waals surface area contributed by atoms with Crippen LogP contribution in [-0.2, 0) is 57.8 Å². The van der Waals surface area contributed by atoms with Gasteiger partial charge in [-0.3, -0.25) is 14.4 Å². The Morgan fingerprint density at radius 2 is 1.02 bits per heavy atom. The number of sulfone groups is 2. The largest absolute Gasteiger partial charge is 0.465 e. The van der Waals surface area contributed by atoms with Gasteiger partial charge in [-0.05, 0) is 39.8 Å². The van der Waals surface area contributed by atoms with Gasteiger partial charge in [0.1, 0.15) is 31.8 Å². The molecule has 0 aliphatic rings. The molecule has 0 amide bonds. The maximum atomic E-state index is 12.8. The standard InChI is InChI=1S/C34H63N3O12S3/c1-8-30(38)46-26-34(27-47-31(39)14-20-50-21-17-36(10-3)11-4,28-48-32(40)15-22-51(42,43)24-18-35(7)9-2)29-49-33(41)16-23-52(44,45)25-19-37(12-5)13-6/h8H,1,9-29H2,2-7H3. The fraction of sp³-hybridized carbons (Fsp3) is 0.824. The molecule has 0 heterocycles. The van der Waals surface area contributed by atoms with Gasteiger partial charge in [0.05, 0.1) is 42.3 Å². The summed E-state index contributed by atoms with van der Waals surface area (Å²) in [6.45, 7) is 16.4. The molecule has 304 valence electrons. The highest BCUT2D eigenvalue weighted by atomic mass is 32.2. The Kier molecular flexibility index (Phi) is 26.2. The van der Waals surface area contributed by atoms with Crippen LogP contribution >= 0.6 is 11.8 Å². The first-order chi connectivity index (χ1) is 24.5. The summed E-state index contributed by atoms with van der Waals surface area (Å²) in [4.78, 5) is 56.4. The SMILES string of the molecule is C=CC(=O)OCC(COC(=O)CCSCCN(CC)CC)(COC(=O)CCS(=O)(=O)CCN(C)CC)COC(=O)CCS(=O)(=O)CCN(CC)CC. The summed E-state index contributed by atoms with van der Waals surface area (Å²) < 4.78 is 71.7. The molecular formula is C34H63N3O12S3. The van der Waals surface area contributed by atoms with Gasteiger partial charge in [0.2, 0.25) is 0 Å². The van der Waals surface area contributed by atoms with E-state index in [9.17, 15) is 36.0 Å². The van der Waals surface area contributed by atoms with E-state index >= 15 is 0 Å². The molecule has 0 radical (unpaired) electrons. The van der Waals surface area contributed by atoms with Gasteiger partial charge in [0, 0.05) is 37.2 Å². The topological polar surface area (TPSA) is 183 Å². The number of rotatable bonds is 32. The molecule has 0 aliphatic heterocycles. The molecule has 52 heavy (non-hydrogen) atoms. The lowest BCUT2D eigenvalue weighted by molar-refractivity contribution is -0.168. The van der Waals surface area contributed by atoms with Crippen LogP contribution in [0.25, 0.3) is 0 Å². The minimum Gasteiger partial charge on any atom is -0.465 e. The van der Waals surface area contributed by atoms with E-state index in [4.69, 9.17) is 18.9 Å². The van der Waals surface area contributed by atoms with Crippen molar-refractivity contribution in [2.45, 2.75) is 53.9 Å². The van der Waals surface area contributed by atoms with Crippen LogP contribution in [-0.4, -0.2) is 176 Å². The molecule has 0 aromatic rings. The van der Waals surface area contributed by atoms with Crippen molar-refractivity contribution >= 4 is 55.3 Å². The summed E-state index contributed by atoms with van der Waals surface area (Å²) in [5, 5.41) is 0. The highest BCUT2D eigenvalue weighted by Crippen LogP contribution is 2.23. The molecule has 0 aromatic heterocycles. The molecule has 0 spiro atoms. The van der Waals surface area contributed by atoms with Crippen molar-refractivity contribution < 1.29 is 55.0 Å². The minimum atomic E-state index is -3.58. The second kappa shape index (κ2) is 27.4. The number of carbonyl (C=O) groups is 4. The number of hydrogen-bond donors (Lipinski definition) is 0. The van der Waals surface area contributed by atoms with Gasteiger partial charge in [0.15, 0.2) is 19.7 Å². The van der Waals surface area contributed by atoms with E-state index in [0.717, 1.165) is 31.5 Å². The molecule has 0 saturated heterocycles. The molecule has 1 unspecified atom stereocenters. The van der Waals surface area contributed by atoms with E-state index in [-0.39, 0.29) is 17.9 Å². The van der Waals surface area contributed by atoms with Gasteiger partial charge in [-0.15, -0.1) is 0 Å². The van der Waals surface area contributed by atoms with Crippen LogP contribution in [0.5, 0.6) is 0 Å². The first-order valence-electron chi connectivity index (χ1n) is 17.9. The summed E-state index contributed by atoms with van der Waals surface area (Å²) >= 11 is 1.58. The van der Waals surface area contributed by atoms with Crippen LogP contribution in [0.15, 0.2) is 12.7 Å². The molecule has 15 nitrogen and oxygen atoms in total. The van der Waals surface area contributed by atoms with E-state index in [1.165, 1.54) is 0 Å². The van der Waals surface area contributed by atoms with E-state index in [0.29, 0.717) is 38.5 Å². The van der Waals surface area contributed by atoms with Crippen molar-refractivity contribution in [3.05, 3.63) is 12.7 Å². The number of hydrogen-bond acceptors (Lipinski definition) is 16. The lowest BCUT2D eigenvalue weighted by atomic mass is 9.92. The van der Waals surface area contributed by atoms with Crippen LogP contribution in [0.3, 0.4) is 0 Å². The van der Waals surface area contributed by atoms with Crippen molar-refractivity contribution in [2.24, 2.45) is 5.41 Å². The van der Waals surface area contributed by atoms with Crippen molar-refractivity contribution in [2.75, 3.05) is 120 Å². The molecular weight excluding hydrogens is 739 g/mol. The Balaban J connectivity index is 5.77. The molecule has 18 heteroatoms. The molecule has 0 aromatic carbocycles. The molecule has 0 N–H and O–H groups in total. The Morgan fingerprint density at radius 3 is 1.46 bits per heavy atom. The molecule has 0 bridgehead atoms. The Labute approximate surface area is 316 Å². The van der Waals surface area contributed by atoms with Crippen LogP contribution in [0.1, 0.15) is 53.9 Å². The fourth-order valence-corrected chi connectivity index (χ4v) is 7.78. The average Bonchev–Trinajstić information content (AvgIpc) is 3.13.